The standard InChI is InChI=1S/C12H22N2O3/c1-12(2)16-8-10(17-12)7-14-11(15)9-3-5-13-6-4-9/h9-10,13H,3-8H2,1-2H3,(H,14,15). The molecule has 0 aromatic heterocycles. The molecule has 2 rings (SSSR count). The van der Waals surface area contributed by atoms with Crippen LogP contribution in [0.25, 0.3) is 0 Å². The van der Waals surface area contributed by atoms with Crippen molar-refractivity contribution in [2.75, 3.05) is 26.2 Å². The van der Waals surface area contributed by atoms with Crippen LogP contribution < -0.4 is 10.6 Å². The van der Waals surface area contributed by atoms with Gasteiger partial charge >= 0.3 is 0 Å². The Balaban J connectivity index is 1.69. The van der Waals surface area contributed by atoms with Crippen LogP contribution in [0.3, 0.4) is 0 Å². The Hall–Kier alpha value is -0.650. The van der Waals surface area contributed by atoms with Gasteiger partial charge in [0.2, 0.25) is 5.91 Å². The lowest BCUT2D eigenvalue weighted by Crippen LogP contribution is -2.41. The molecular formula is C12H22N2O3. The summed E-state index contributed by atoms with van der Waals surface area (Å²) in [5.74, 6) is -0.198. The van der Waals surface area contributed by atoms with E-state index in [1.165, 1.54) is 0 Å². The summed E-state index contributed by atoms with van der Waals surface area (Å²) < 4.78 is 11.1. The predicted octanol–water partition coefficient (Wildman–Crippen LogP) is 0.254. The molecule has 1 amide bonds. The van der Waals surface area contributed by atoms with Crippen LogP contribution in [0.1, 0.15) is 26.7 Å². The van der Waals surface area contributed by atoms with E-state index >= 15 is 0 Å². The van der Waals surface area contributed by atoms with Crippen molar-refractivity contribution < 1.29 is 14.3 Å². The fourth-order valence-corrected chi connectivity index (χ4v) is 2.31. The van der Waals surface area contributed by atoms with E-state index in [9.17, 15) is 4.79 Å². The lowest BCUT2D eigenvalue weighted by molar-refractivity contribution is -0.140. The highest BCUT2D eigenvalue weighted by Gasteiger charge is 2.33. The van der Waals surface area contributed by atoms with Crippen molar-refractivity contribution in [1.82, 2.24) is 10.6 Å². The molecule has 17 heavy (non-hydrogen) atoms. The van der Waals surface area contributed by atoms with Crippen LogP contribution in [0.2, 0.25) is 0 Å². The number of carbonyl (C=O) groups excluding carboxylic acids is 1. The first-order valence-electron chi connectivity index (χ1n) is 6.37. The molecule has 2 fully saturated rings. The van der Waals surface area contributed by atoms with Gasteiger partial charge in [-0.15, -0.1) is 0 Å². The molecule has 0 radical (unpaired) electrons. The molecule has 0 saturated carbocycles. The third kappa shape index (κ3) is 3.66. The molecule has 2 heterocycles. The number of piperidine rings is 1. The Morgan fingerprint density at radius 2 is 2.12 bits per heavy atom. The molecule has 1 unspecified atom stereocenters. The summed E-state index contributed by atoms with van der Waals surface area (Å²) in [6.07, 6.45) is 1.84. The molecule has 5 nitrogen and oxygen atoms in total. The van der Waals surface area contributed by atoms with Gasteiger partial charge in [-0.25, -0.2) is 0 Å². The van der Waals surface area contributed by atoms with Crippen molar-refractivity contribution in [3.63, 3.8) is 0 Å². The first-order valence-corrected chi connectivity index (χ1v) is 6.37. The normalized spacial score (nSPS) is 29.2. The predicted molar refractivity (Wildman–Crippen MR) is 63.5 cm³/mol. The van der Waals surface area contributed by atoms with Crippen molar-refractivity contribution in [3.05, 3.63) is 0 Å². The lowest BCUT2D eigenvalue weighted by atomic mass is 9.97. The second kappa shape index (κ2) is 5.33. The van der Waals surface area contributed by atoms with E-state index in [0.717, 1.165) is 25.9 Å². The number of hydrogen-bond donors (Lipinski definition) is 2. The fourth-order valence-electron chi connectivity index (χ4n) is 2.31. The number of nitrogens with one attached hydrogen (secondary N) is 2. The minimum absolute atomic E-state index is 0.0179. The molecule has 1 atom stereocenters. The van der Waals surface area contributed by atoms with Crippen LogP contribution in [0.5, 0.6) is 0 Å². The molecule has 0 aromatic rings. The van der Waals surface area contributed by atoms with Gasteiger partial charge in [-0.3, -0.25) is 4.79 Å². The average molecular weight is 242 g/mol. The second-order valence-electron chi connectivity index (χ2n) is 5.22. The molecule has 2 saturated heterocycles. The summed E-state index contributed by atoms with van der Waals surface area (Å²) >= 11 is 0. The number of carbonyl (C=O) groups is 1. The summed E-state index contributed by atoms with van der Waals surface area (Å²) in [6.45, 7) is 6.76. The minimum Gasteiger partial charge on any atom is -0.353 e. The number of rotatable bonds is 3. The number of ether oxygens (including phenoxy) is 2. The van der Waals surface area contributed by atoms with Crippen LogP contribution in [-0.2, 0) is 14.3 Å². The maximum Gasteiger partial charge on any atom is 0.223 e. The summed E-state index contributed by atoms with van der Waals surface area (Å²) in [4.78, 5) is 11.9. The SMILES string of the molecule is CC1(C)OCC(CNC(=O)C2CCNCC2)O1. The van der Waals surface area contributed by atoms with Crippen LogP contribution in [0.15, 0.2) is 0 Å². The van der Waals surface area contributed by atoms with Crippen LogP contribution in [0, 0.1) is 5.92 Å². The molecule has 0 spiro atoms. The Bertz CT molecular complexity index is 275. The van der Waals surface area contributed by atoms with E-state index in [0.29, 0.717) is 13.2 Å². The third-order valence-corrected chi connectivity index (χ3v) is 3.28. The highest BCUT2D eigenvalue weighted by atomic mass is 16.7. The smallest absolute Gasteiger partial charge is 0.223 e. The number of amides is 1. The monoisotopic (exact) mass is 242 g/mol. The molecule has 2 N–H and O–H groups in total. The topological polar surface area (TPSA) is 59.6 Å². The van der Waals surface area contributed by atoms with Gasteiger partial charge in [0, 0.05) is 12.5 Å². The zero-order valence-corrected chi connectivity index (χ0v) is 10.6. The maximum atomic E-state index is 11.9. The number of hydrogen-bond acceptors (Lipinski definition) is 4. The summed E-state index contributed by atoms with van der Waals surface area (Å²) in [6, 6.07) is 0. The van der Waals surface area contributed by atoms with E-state index < -0.39 is 5.79 Å². The molecule has 0 aliphatic carbocycles. The summed E-state index contributed by atoms with van der Waals surface area (Å²) in [5, 5.41) is 6.21. The quantitative estimate of drug-likeness (QED) is 0.745. The molecular weight excluding hydrogens is 220 g/mol. The van der Waals surface area contributed by atoms with E-state index in [-0.39, 0.29) is 17.9 Å². The first kappa shape index (κ1) is 12.8. The fraction of sp³-hybridized carbons (Fsp3) is 0.917. The van der Waals surface area contributed by atoms with Crippen LogP contribution in [-0.4, -0.2) is 44.0 Å². The maximum absolute atomic E-state index is 11.9. The molecule has 0 bridgehead atoms. The first-order chi connectivity index (χ1) is 8.07. The average Bonchev–Trinajstić information content (AvgIpc) is 2.67. The zero-order chi connectivity index (χ0) is 12.3. The van der Waals surface area contributed by atoms with Crippen molar-refractivity contribution >= 4 is 5.91 Å². The van der Waals surface area contributed by atoms with Gasteiger partial charge in [0.05, 0.1) is 6.61 Å². The highest BCUT2D eigenvalue weighted by molar-refractivity contribution is 5.78. The van der Waals surface area contributed by atoms with E-state index in [2.05, 4.69) is 10.6 Å². The van der Waals surface area contributed by atoms with Crippen molar-refractivity contribution in [2.45, 2.75) is 38.6 Å². The molecule has 0 aromatic carbocycles. The third-order valence-electron chi connectivity index (χ3n) is 3.28. The minimum atomic E-state index is -0.510. The second-order valence-corrected chi connectivity index (χ2v) is 5.22. The van der Waals surface area contributed by atoms with E-state index in [1.807, 2.05) is 13.8 Å². The van der Waals surface area contributed by atoms with Gasteiger partial charge in [0.1, 0.15) is 6.10 Å². The van der Waals surface area contributed by atoms with E-state index in [4.69, 9.17) is 9.47 Å². The van der Waals surface area contributed by atoms with Gasteiger partial charge in [-0.1, -0.05) is 0 Å². The Labute approximate surface area is 102 Å². The lowest BCUT2D eigenvalue weighted by Gasteiger charge is -2.22. The zero-order valence-electron chi connectivity index (χ0n) is 10.6. The van der Waals surface area contributed by atoms with Crippen molar-refractivity contribution in [2.24, 2.45) is 5.92 Å². The Morgan fingerprint density at radius 1 is 1.41 bits per heavy atom. The van der Waals surface area contributed by atoms with Crippen molar-refractivity contribution in [1.29, 1.82) is 0 Å². The molecule has 2 aliphatic heterocycles. The van der Waals surface area contributed by atoms with Gasteiger partial charge in [0.25, 0.3) is 0 Å². The van der Waals surface area contributed by atoms with E-state index in [1.54, 1.807) is 0 Å². The Morgan fingerprint density at radius 3 is 2.71 bits per heavy atom. The summed E-state index contributed by atoms with van der Waals surface area (Å²) in [7, 11) is 0. The molecule has 98 valence electrons. The van der Waals surface area contributed by atoms with Gasteiger partial charge in [-0.2, -0.15) is 0 Å². The largest absolute Gasteiger partial charge is 0.353 e. The van der Waals surface area contributed by atoms with Crippen molar-refractivity contribution in [3.8, 4) is 0 Å². The Kier molecular flexibility index (Phi) is 4.01. The van der Waals surface area contributed by atoms with Gasteiger partial charge in [-0.05, 0) is 39.8 Å². The molecule has 2 aliphatic rings. The van der Waals surface area contributed by atoms with Crippen LogP contribution in [0.4, 0.5) is 0 Å². The van der Waals surface area contributed by atoms with Gasteiger partial charge < -0.3 is 20.1 Å². The van der Waals surface area contributed by atoms with Crippen LogP contribution >= 0.6 is 0 Å². The molecule has 5 heteroatoms. The summed E-state index contributed by atoms with van der Waals surface area (Å²) in [5.41, 5.74) is 0. The highest BCUT2D eigenvalue weighted by Crippen LogP contribution is 2.21. The van der Waals surface area contributed by atoms with Gasteiger partial charge in [0.15, 0.2) is 5.79 Å².